The molecule has 0 aromatic heterocycles. The highest BCUT2D eigenvalue weighted by atomic mass is 16.1. The molecule has 0 aromatic carbocycles. The molecule has 1 aliphatic heterocycles. The van der Waals surface area contributed by atoms with Gasteiger partial charge in [-0.2, -0.15) is 0 Å². The van der Waals surface area contributed by atoms with E-state index in [1.165, 1.54) is 52.0 Å². The first kappa shape index (κ1) is 12.6. The van der Waals surface area contributed by atoms with E-state index < -0.39 is 0 Å². The number of Topliss-reactive ketones (excluding diaryl/α,β-unsaturated/α-hetero) is 1. The van der Waals surface area contributed by atoms with E-state index in [-0.39, 0.29) is 0 Å². The van der Waals surface area contributed by atoms with Crippen LogP contribution in [0.15, 0.2) is 0 Å². The fraction of sp³-hybridized carbons (Fsp3) is 0.933. The Morgan fingerprint density at radius 1 is 0.889 bits per heavy atom. The van der Waals surface area contributed by atoms with Gasteiger partial charge in [-0.25, -0.2) is 0 Å². The van der Waals surface area contributed by atoms with Crippen molar-refractivity contribution in [2.45, 2.75) is 38.5 Å². The number of hydrogen-bond donors (Lipinski definition) is 0. The summed E-state index contributed by atoms with van der Waals surface area (Å²) < 4.78 is 0. The second-order valence-corrected chi connectivity index (χ2v) is 6.45. The van der Waals surface area contributed by atoms with Crippen LogP contribution in [-0.2, 0) is 4.79 Å². The van der Waals surface area contributed by atoms with Gasteiger partial charge in [0.1, 0.15) is 5.78 Å². The summed E-state index contributed by atoms with van der Waals surface area (Å²) in [5.41, 5.74) is 0. The summed E-state index contributed by atoms with van der Waals surface area (Å²) in [5, 5.41) is 0. The Kier molecular flexibility index (Phi) is 4.00. The van der Waals surface area contributed by atoms with Gasteiger partial charge < -0.3 is 9.80 Å². The molecule has 0 amide bonds. The molecule has 2 saturated carbocycles. The molecule has 1 saturated heterocycles. The van der Waals surface area contributed by atoms with Gasteiger partial charge in [0, 0.05) is 51.6 Å². The van der Waals surface area contributed by atoms with Crippen molar-refractivity contribution >= 4 is 5.78 Å². The Morgan fingerprint density at radius 3 is 2.17 bits per heavy atom. The van der Waals surface area contributed by atoms with Crippen LogP contribution in [0, 0.1) is 11.8 Å². The highest BCUT2D eigenvalue weighted by Crippen LogP contribution is 2.30. The van der Waals surface area contributed by atoms with Crippen LogP contribution in [0.5, 0.6) is 0 Å². The lowest BCUT2D eigenvalue weighted by atomic mass is 9.87. The summed E-state index contributed by atoms with van der Waals surface area (Å²) in [5.74, 6) is 1.90. The maximum Gasteiger partial charge on any atom is 0.137 e. The topological polar surface area (TPSA) is 23.6 Å². The number of piperazine rings is 1. The zero-order valence-electron chi connectivity index (χ0n) is 11.4. The van der Waals surface area contributed by atoms with Crippen molar-refractivity contribution in [2.75, 3.05) is 39.3 Å². The van der Waals surface area contributed by atoms with Gasteiger partial charge in [-0.15, -0.1) is 0 Å². The van der Waals surface area contributed by atoms with Crippen LogP contribution in [-0.4, -0.2) is 54.9 Å². The van der Waals surface area contributed by atoms with E-state index in [0.717, 1.165) is 31.7 Å². The molecule has 3 heteroatoms. The third-order valence-electron chi connectivity index (χ3n) is 4.84. The lowest BCUT2D eigenvalue weighted by Gasteiger charge is -2.36. The molecule has 0 spiro atoms. The van der Waals surface area contributed by atoms with E-state index in [1.54, 1.807) is 0 Å². The molecule has 1 atom stereocenters. The maximum atomic E-state index is 11.8. The smallest absolute Gasteiger partial charge is 0.137 e. The summed E-state index contributed by atoms with van der Waals surface area (Å²) in [7, 11) is 0. The van der Waals surface area contributed by atoms with Crippen LogP contribution in [0.2, 0.25) is 0 Å². The molecule has 3 rings (SSSR count). The Hall–Kier alpha value is -0.410. The van der Waals surface area contributed by atoms with Gasteiger partial charge in [0.15, 0.2) is 0 Å². The maximum absolute atomic E-state index is 11.8. The molecular weight excluding hydrogens is 224 g/mol. The average Bonchev–Trinajstić information content (AvgIpc) is 3.19. The standard InChI is InChI=1S/C15H26N2O/c18-15-4-2-1-3-14(15)12-17-9-7-16(8-10-17)11-13-5-6-13/h13-14H,1-12H2. The lowest BCUT2D eigenvalue weighted by Crippen LogP contribution is -2.49. The van der Waals surface area contributed by atoms with Crippen LogP contribution in [0.4, 0.5) is 0 Å². The molecular formula is C15H26N2O. The number of rotatable bonds is 4. The first-order valence-corrected chi connectivity index (χ1v) is 7.78. The van der Waals surface area contributed by atoms with Gasteiger partial charge >= 0.3 is 0 Å². The number of ketones is 1. The summed E-state index contributed by atoms with van der Waals surface area (Å²) in [4.78, 5) is 17.0. The van der Waals surface area contributed by atoms with Crippen LogP contribution in [0.3, 0.4) is 0 Å². The number of hydrogen-bond acceptors (Lipinski definition) is 3. The molecule has 3 nitrogen and oxygen atoms in total. The summed E-state index contributed by atoms with van der Waals surface area (Å²) >= 11 is 0. The molecule has 0 radical (unpaired) electrons. The molecule has 102 valence electrons. The summed E-state index contributed by atoms with van der Waals surface area (Å²) in [6.45, 7) is 7.16. The van der Waals surface area contributed by atoms with Crippen molar-refractivity contribution < 1.29 is 4.79 Å². The van der Waals surface area contributed by atoms with Crippen molar-refractivity contribution in [2.24, 2.45) is 11.8 Å². The lowest BCUT2D eigenvalue weighted by molar-refractivity contribution is -0.125. The first-order chi connectivity index (χ1) is 8.81. The van der Waals surface area contributed by atoms with Gasteiger partial charge in [-0.3, -0.25) is 4.79 Å². The molecule has 18 heavy (non-hydrogen) atoms. The highest BCUT2D eigenvalue weighted by molar-refractivity contribution is 5.81. The molecule has 3 aliphatic rings. The molecule has 0 N–H and O–H groups in total. The fourth-order valence-electron chi connectivity index (χ4n) is 3.38. The van der Waals surface area contributed by atoms with E-state index in [9.17, 15) is 4.79 Å². The summed E-state index contributed by atoms with van der Waals surface area (Å²) in [6.07, 6.45) is 7.28. The van der Waals surface area contributed by atoms with Gasteiger partial charge in [0.2, 0.25) is 0 Å². The van der Waals surface area contributed by atoms with E-state index >= 15 is 0 Å². The van der Waals surface area contributed by atoms with Gasteiger partial charge in [-0.1, -0.05) is 6.42 Å². The third-order valence-corrected chi connectivity index (χ3v) is 4.84. The van der Waals surface area contributed by atoms with Crippen molar-refractivity contribution in [1.82, 2.24) is 9.80 Å². The molecule has 0 bridgehead atoms. The summed E-state index contributed by atoms with van der Waals surface area (Å²) in [6, 6.07) is 0. The van der Waals surface area contributed by atoms with Crippen molar-refractivity contribution in [3.8, 4) is 0 Å². The predicted molar refractivity (Wildman–Crippen MR) is 72.6 cm³/mol. The zero-order valence-corrected chi connectivity index (χ0v) is 11.4. The van der Waals surface area contributed by atoms with Crippen LogP contribution in [0.1, 0.15) is 38.5 Å². The fourth-order valence-corrected chi connectivity index (χ4v) is 3.38. The van der Waals surface area contributed by atoms with E-state index in [0.29, 0.717) is 11.7 Å². The van der Waals surface area contributed by atoms with Crippen LogP contribution in [0.25, 0.3) is 0 Å². The number of carbonyl (C=O) groups excluding carboxylic acids is 1. The van der Waals surface area contributed by atoms with Crippen molar-refractivity contribution in [1.29, 1.82) is 0 Å². The molecule has 1 unspecified atom stereocenters. The predicted octanol–water partition coefficient (Wildman–Crippen LogP) is 1.77. The van der Waals surface area contributed by atoms with Crippen LogP contribution >= 0.6 is 0 Å². The molecule has 2 aliphatic carbocycles. The molecule has 0 aromatic rings. The van der Waals surface area contributed by atoms with E-state index in [2.05, 4.69) is 9.80 Å². The quantitative estimate of drug-likeness (QED) is 0.760. The van der Waals surface area contributed by atoms with Gasteiger partial charge in [0.25, 0.3) is 0 Å². The van der Waals surface area contributed by atoms with E-state index in [4.69, 9.17) is 0 Å². The van der Waals surface area contributed by atoms with Crippen molar-refractivity contribution in [3.63, 3.8) is 0 Å². The van der Waals surface area contributed by atoms with E-state index in [1.807, 2.05) is 0 Å². The molecule has 1 heterocycles. The number of carbonyl (C=O) groups is 1. The Labute approximate surface area is 111 Å². The number of nitrogens with zero attached hydrogens (tertiary/aromatic N) is 2. The zero-order chi connectivity index (χ0) is 12.4. The van der Waals surface area contributed by atoms with Crippen LogP contribution < -0.4 is 0 Å². The Balaban J connectivity index is 1.40. The normalized spacial score (nSPS) is 31.8. The average molecular weight is 250 g/mol. The second-order valence-electron chi connectivity index (χ2n) is 6.45. The van der Waals surface area contributed by atoms with Gasteiger partial charge in [0.05, 0.1) is 0 Å². The van der Waals surface area contributed by atoms with Crippen molar-refractivity contribution in [3.05, 3.63) is 0 Å². The first-order valence-electron chi connectivity index (χ1n) is 7.78. The monoisotopic (exact) mass is 250 g/mol. The Morgan fingerprint density at radius 2 is 1.56 bits per heavy atom. The highest BCUT2D eigenvalue weighted by Gasteiger charge is 2.28. The largest absolute Gasteiger partial charge is 0.301 e. The molecule has 3 fully saturated rings. The second kappa shape index (κ2) is 5.70. The van der Waals surface area contributed by atoms with Gasteiger partial charge in [-0.05, 0) is 31.6 Å². The SMILES string of the molecule is O=C1CCCCC1CN1CCN(CC2CC2)CC1. The minimum absolute atomic E-state index is 0.355. The Bertz CT molecular complexity index is 293. The minimum atomic E-state index is 0.355. The minimum Gasteiger partial charge on any atom is -0.301 e. The third kappa shape index (κ3) is 3.33.